The molecule has 0 radical (unpaired) electrons. The van der Waals surface area contributed by atoms with E-state index in [2.05, 4.69) is 20.1 Å². The van der Waals surface area contributed by atoms with Crippen molar-refractivity contribution in [1.29, 1.82) is 0 Å². The molecule has 0 saturated heterocycles. The first-order valence-electron chi connectivity index (χ1n) is 10.8. The second-order valence-electron chi connectivity index (χ2n) is 7.73. The first-order chi connectivity index (χ1) is 16.7. The number of nitrogens with zero attached hydrogens (tertiary/aromatic N) is 3. The number of aromatic nitrogens is 2. The third-order valence-electron chi connectivity index (χ3n) is 5.47. The summed E-state index contributed by atoms with van der Waals surface area (Å²) in [6.07, 6.45) is 5.34. The van der Waals surface area contributed by atoms with Crippen molar-refractivity contribution < 1.29 is 9.53 Å². The van der Waals surface area contributed by atoms with Crippen LogP contribution in [-0.2, 0) is 11.3 Å². The summed E-state index contributed by atoms with van der Waals surface area (Å²) in [5, 5.41) is 6.85. The summed E-state index contributed by atoms with van der Waals surface area (Å²) in [7, 11) is 0. The normalized spacial score (nSPS) is 11.3. The Morgan fingerprint density at radius 3 is 2.76 bits per heavy atom. The minimum absolute atomic E-state index is 0.165. The van der Waals surface area contributed by atoms with Gasteiger partial charge in [0.1, 0.15) is 11.3 Å². The maximum atomic E-state index is 12.3. The predicted molar refractivity (Wildman–Crippen MR) is 135 cm³/mol. The highest BCUT2D eigenvalue weighted by atomic mass is 35.5. The molecule has 0 fully saturated rings. The number of amides is 1. The highest BCUT2D eigenvalue weighted by Crippen LogP contribution is 2.24. The molecule has 5 rings (SSSR count). The molecule has 0 bridgehead atoms. The molecule has 1 amide bonds. The quantitative estimate of drug-likeness (QED) is 0.256. The molecule has 1 N–H and O–H groups in total. The fourth-order valence-corrected chi connectivity index (χ4v) is 4.06. The van der Waals surface area contributed by atoms with E-state index in [9.17, 15) is 4.79 Å². The highest BCUT2D eigenvalue weighted by molar-refractivity contribution is 6.31. The Labute approximate surface area is 201 Å². The van der Waals surface area contributed by atoms with Crippen molar-refractivity contribution in [2.75, 3.05) is 6.61 Å². The van der Waals surface area contributed by atoms with Crippen molar-refractivity contribution in [1.82, 2.24) is 15.0 Å². The zero-order valence-corrected chi connectivity index (χ0v) is 18.9. The van der Waals surface area contributed by atoms with Crippen LogP contribution >= 0.6 is 11.6 Å². The van der Waals surface area contributed by atoms with Crippen LogP contribution in [0.4, 0.5) is 0 Å². The molecule has 2 heterocycles. The van der Waals surface area contributed by atoms with Crippen molar-refractivity contribution in [3.8, 4) is 5.75 Å². The number of ether oxygens (including phenoxy) is 1. The Hall–Kier alpha value is -4.16. The summed E-state index contributed by atoms with van der Waals surface area (Å²) < 4.78 is 7.79. The van der Waals surface area contributed by atoms with E-state index in [0.29, 0.717) is 17.8 Å². The number of hydrazone groups is 1. The topological polar surface area (TPSA) is 68.5 Å². The predicted octanol–water partition coefficient (Wildman–Crippen LogP) is 5.42. The van der Waals surface area contributed by atoms with Crippen molar-refractivity contribution in [2.24, 2.45) is 5.10 Å². The average molecular weight is 469 g/mol. The molecule has 5 aromatic rings. The summed E-state index contributed by atoms with van der Waals surface area (Å²) >= 11 is 6.35. The van der Waals surface area contributed by atoms with Gasteiger partial charge in [-0.1, -0.05) is 66.2 Å². The summed E-state index contributed by atoms with van der Waals surface area (Å²) in [6, 6.07) is 25.2. The van der Waals surface area contributed by atoms with Gasteiger partial charge in [-0.3, -0.25) is 9.78 Å². The lowest BCUT2D eigenvalue weighted by atomic mass is 10.2. The minimum atomic E-state index is -0.357. The van der Waals surface area contributed by atoms with E-state index in [1.807, 2.05) is 79.0 Å². The maximum Gasteiger partial charge on any atom is 0.277 e. The third kappa shape index (κ3) is 4.63. The molecule has 3 aromatic carbocycles. The van der Waals surface area contributed by atoms with Crippen LogP contribution in [0, 0.1) is 0 Å². The Morgan fingerprint density at radius 1 is 1.03 bits per heavy atom. The number of rotatable bonds is 7. The van der Waals surface area contributed by atoms with Crippen LogP contribution in [0.2, 0.25) is 5.02 Å². The van der Waals surface area contributed by atoms with Gasteiger partial charge in [0.15, 0.2) is 6.61 Å². The monoisotopic (exact) mass is 468 g/mol. The first kappa shape index (κ1) is 21.7. The van der Waals surface area contributed by atoms with Gasteiger partial charge in [-0.05, 0) is 29.8 Å². The Morgan fingerprint density at radius 2 is 1.85 bits per heavy atom. The van der Waals surface area contributed by atoms with Crippen LogP contribution in [-0.4, -0.2) is 28.3 Å². The van der Waals surface area contributed by atoms with E-state index in [1.165, 1.54) is 0 Å². The summed E-state index contributed by atoms with van der Waals surface area (Å²) in [4.78, 5) is 16.6. The van der Waals surface area contributed by atoms with Crippen molar-refractivity contribution >= 4 is 45.5 Å². The molecule has 2 aromatic heterocycles. The maximum absolute atomic E-state index is 12.3. The number of nitrogens with one attached hydrogen (secondary N) is 1. The van der Waals surface area contributed by atoms with Crippen LogP contribution in [0.3, 0.4) is 0 Å². The van der Waals surface area contributed by atoms with Crippen LogP contribution < -0.4 is 10.2 Å². The van der Waals surface area contributed by atoms with Gasteiger partial charge in [0.2, 0.25) is 0 Å². The van der Waals surface area contributed by atoms with Crippen LogP contribution in [0.5, 0.6) is 5.75 Å². The Balaban J connectivity index is 1.28. The van der Waals surface area contributed by atoms with Gasteiger partial charge in [-0.15, -0.1) is 0 Å². The molecular formula is C27H21ClN4O2. The minimum Gasteiger partial charge on any atom is -0.481 e. The molecule has 0 unspecified atom stereocenters. The number of fused-ring (bicyclic) bond motifs is 2. The van der Waals surface area contributed by atoms with Gasteiger partial charge in [0.25, 0.3) is 5.91 Å². The second-order valence-corrected chi connectivity index (χ2v) is 8.14. The zero-order chi connectivity index (χ0) is 23.3. The van der Waals surface area contributed by atoms with E-state index in [0.717, 1.165) is 32.4 Å². The molecule has 0 aliphatic rings. The first-order valence-corrected chi connectivity index (χ1v) is 11.2. The standard InChI is InChI=1S/C27H21ClN4O2/c28-23-11-3-1-7-20(23)16-32-17-21(22-10-2-4-12-24(22)32)15-30-31-26(33)18-34-25-13-5-8-19-9-6-14-29-27(19)25/h1-15,17H,16,18H2,(H,31,33)/b30-15+. The fourth-order valence-electron chi connectivity index (χ4n) is 3.86. The van der Waals surface area contributed by atoms with Gasteiger partial charge in [-0.25, -0.2) is 5.43 Å². The zero-order valence-electron chi connectivity index (χ0n) is 18.2. The van der Waals surface area contributed by atoms with Gasteiger partial charge in [-0.2, -0.15) is 5.10 Å². The van der Waals surface area contributed by atoms with Gasteiger partial charge in [0, 0.05) is 45.8 Å². The van der Waals surface area contributed by atoms with Crippen LogP contribution in [0.25, 0.3) is 21.8 Å². The molecule has 0 saturated carbocycles. The summed E-state index contributed by atoms with van der Waals surface area (Å²) in [5.41, 5.74) is 6.23. The van der Waals surface area contributed by atoms with Gasteiger partial charge >= 0.3 is 0 Å². The number of carbonyl (C=O) groups is 1. The molecule has 0 spiro atoms. The fraction of sp³-hybridized carbons (Fsp3) is 0.0741. The largest absolute Gasteiger partial charge is 0.481 e. The second kappa shape index (κ2) is 9.77. The van der Waals surface area contributed by atoms with E-state index in [-0.39, 0.29) is 12.5 Å². The third-order valence-corrected chi connectivity index (χ3v) is 5.83. The van der Waals surface area contributed by atoms with Crippen molar-refractivity contribution in [2.45, 2.75) is 6.54 Å². The van der Waals surface area contributed by atoms with Crippen molar-refractivity contribution in [3.63, 3.8) is 0 Å². The lowest BCUT2D eigenvalue weighted by Gasteiger charge is -2.07. The molecule has 7 heteroatoms. The Kier molecular flexibility index (Phi) is 6.23. The van der Waals surface area contributed by atoms with Crippen LogP contribution in [0.15, 0.2) is 96.4 Å². The summed E-state index contributed by atoms with van der Waals surface area (Å²) in [5.74, 6) is 0.198. The summed E-state index contributed by atoms with van der Waals surface area (Å²) in [6.45, 7) is 0.467. The lowest BCUT2D eigenvalue weighted by molar-refractivity contribution is -0.123. The smallest absolute Gasteiger partial charge is 0.277 e. The molecule has 0 aliphatic heterocycles. The van der Waals surface area contributed by atoms with E-state index < -0.39 is 0 Å². The average Bonchev–Trinajstić information content (AvgIpc) is 3.21. The molecular weight excluding hydrogens is 448 g/mol. The number of hydrogen-bond donors (Lipinski definition) is 1. The number of hydrogen-bond acceptors (Lipinski definition) is 4. The molecule has 34 heavy (non-hydrogen) atoms. The number of halogens is 1. The molecule has 0 aliphatic carbocycles. The van der Waals surface area contributed by atoms with E-state index in [1.54, 1.807) is 18.5 Å². The molecule has 0 atom stereocenters. The SMILES string of the molecule is O=C(COc1cccc2cccnc12)N/N=C/c1cn(Cc2ccccc2Cl)c2ccccc12. The van der Waals surface area contributed by atoms with E-state index >= 15 is 0 Å². The Bertz CT molecular complexity index is 1500. The van der Waals surface area contributed by atoms with Crippen LogP contribution in [0.1, 0.15) is 11.1 Å². The molecule has 6 nitrogen and oxygen atoms in total. The van der Waals surface area contributed by atoms with Crippen molar-refractivity contribution in [3.05, 3.63) is 107 Å². The number of benzene rings is 3. The highest BCUT2D eigenvalue weighted by Gasteiger charge is 2.09. The number of carbonyl (C=O) groups excluding carboxylic acids is 1. The number of pyridine rings is 1. The van der Waals surface area contributed by atoms with Gasteiger partial charge < -0.3 is 9.30 Å². The lowest BCUT2D eigenvalue weighted by Crippen LogP contribution is -2.24. The van der Waals surface area contributed by atoms with Gasteiger partial charge in [0.05, 0.1) is 6.21 Å². The number of para-hydroxylation sites is 2. The van der Waals surface area contributed by atoms with E-state index in [4.69, 9.17) is 16.3 Å². The molecule has 168 valence electrons.